The molecular weight excluding hydrogens is 324 g/mol. The molecule has 3 heteroatoms. The van der Waals surface area contributed by atoms with Gasteiger partial charge in [0.25, 0.3) is 0 Å². The molecular formula is C23H24O3. The zero-order valence-electron chi connectivity index (χ0n) is 15.4. The second-order valence-corrected chi connectivity index (χ2v) is 6.56. The lowest BCUT2D eigenvalue weighted by Gasteiger charge is -2.16. The average molecular weight is 348 g/mol. The van der Waals surface area contributed by atoms with Gasteiger partial charge in [-0.3, -0.25) is 4.79 Å². The van der Waals surface area contributed by atoms with E-state index in [1.807, 2.05) is 31.2 Å². The van der Waals surface area contributed by atoms with Gasteiger partial charge in [0.05, 0.1) is 6.61 Å². The van der Waals surface area contributed by atoms with E-state index in [2.05, 4.69) is 24.3 Å². The maximum absolute atomic E-state index is 11.9. The Morgan fingerprint density at radius 2 is 1.19 bits per heavy atom. The van der Waals surface area contributed by atoms with Gasteiger partial charge in [0, 0.05) is 12.8 Å². The SMILES string of the molecule is CCOC(=O)CCc1c2ccccc2c(CCC(C)=O)c2ccccc12. The molecule has 0 aliphatic carbocycles. The van der Waals surface area contributed by atoms with E-state index < -0.39 is 0 Å². The Balaban J connectivity index is 2.15. The number of hydrogen-bond acceptors (Lipinski definition) is 3. The van der Waals surface area contributed by atoms with Crippen molar-refractivity contribution < 1.29 is 14.3 Å². The van der Waals surface area contributed by atoms with Crippen molar-refractivity contribution in [3.63, 3.8) is 0 Å². The summed E-state index contributed by atoms with van der Waals surface area (Å²) in [4.78, 5) is 23.4. The smallest absolute Gasteiger partial charge is 0.306 e. The second-order valence-electron chi connectivity index (χ2n) is 6.56. The van der Waals surface area contributed by atoms with Crippen molar-refractivity contribution in [2.75, 3.05) is 6.61 Å². The number of rotatable bonds is 7. The molecule has 0 spiro atoms. The minimum absolute atomic E-state index is 0.165. The normalized spacial score (nSPS) is 11.0. The third-order valence-electron chi connectivity index (χ3n) is 4.77. The fraction of sp³-hybridized carbons (Fsp3) is 0.304. The van der Waals surface area contributed by atoms with Crippen molar-refractivity contribution >= 4 is 33.3 Å². The minimum atomic E-state index is -0.165. The maximum Gasteiger partial charge on any atom is 0.306 e. The molecule has 0 atom stereocenters. The molecule has 0 amide bonds. The van der Waals surface area contributed by atoms with Crippen LogP contribution < -0.4 is 0 Å². The highest BCUT2D eigenvalue weighted by molar-refractivity contribution is 6.06. The van der Waals surface area contributed by atoms with Crippen molar-refractivity contribution in [1.82, 2.24) is 0 Å². The summed E-state index contributed by atoms with van der Waals surface area (Å²) in [5.74, 6) is 0.0332. The molecule has 0 saturated heterocycles. The molecule has 26 heavy (non-hydrogen) atoms. The Bertz CT molecular complexity index is 899. The van der Waals surface area contributed by atoms with Crippen molar-refractivity contribution in [2.24, 2.45) is 0 Å². The molecule has 0 saturated carbocycles. The zero-order chi connectivity index (χ0) is 18.5. The molecule has 0 bridgehead atoms. The predicted molar refractivity (Wildman–Crippen MR) is 105 cm³/mol. The van der Waals surface area contributed by atoms with E-state index in [0.717, 1.165) is 17.2 Å². The largest absolute Gasteiger partial charge is 0.466 e. The zero-order valence-corrected chi connectivity index (χ0v) is 15.4. The molecule has 0 fully saturated rings. The number of aryl methyl sites for hydroxylation is 2. The van der Waals surface area contributed by atoms with Gasteiger partial charge in [-0.2, -0.15) is 0 Å². The Kier molecular flexibility index (Phi) is 5.67. The number of carbonyl (C=O) groups excluding carboxylic acids is 2. The highest BCUT2D eigenvalue weighted by Gasteiger charge is 2.15. The first kappa shape index (κ1) is 18.1. The standard InChI is InChI=1S/C23H24O3/c1-3-26-23(25)15-14-22-19-10-6-4-8-17(19)21(13-12-16(2)24)18-9-5-7-11-20(18)22/h4-11H,3,12-15H2,1-2H3. The fourth-order valence-corrected chi connectivity index (χ4v) is 3.61. The number of esters is 1. The Hall–Kier alpha value is -2.68. The quantitative estimate of drug-likeness (QED) is 0.445. The van der Waals surface area contributed by atoms with Crippen LogP contribution >= 0.6 is 0 Å². The van der Waals surface area contributed by atoms with Crippen LogP contribution in [0.25, 0.3) is 21.5 Å². The van der Waals surface area contributed by atoms with Crippen molar-refractivity contribution in [3.05, 3.63) is 59.7 Å². The van der Waals surface area contributed by atoms with Crippen LogP contribution in [0.5, 0.6) is 0 Å². The fourth-order valence-electron chi connectivity index (χ4n) is 3.61. The summed E-state index contributed by atoms with van der Waals surface area (Å²) < 4.78 is 5.10. The lowest BCUT2D eigenvalue weighted by Crippen LogP contribution is -2.06. The first-order valence-electron chi connectivity index (χ1n) is 9.18. The first-order valence-corrected chi connectivity index (χ1v) is 9.18. The third-order valence-corrected chi connectivity index (χ3v) is 4.77. The molecule has 0 aliphatic rings. The van der Waals surface area contributed by atoms with E-state index in [1.165, 1.54) is 21.9 Å². The van der Waals surface area contributed by atoms with E-state index in [4.69, 9.17) is 4.74 Å². The van der Waals surface area contributed by atoms with Crippen molar-refractivity contribution in [3.8, 4) is 0 Å². The van der Waals surface area contributed by atoms with Crippen LogP contribution in [0.1, 0.15) is 37.8 Å². The molecule has 0 aliphatic heterocycles. The van der Waals surface area contributed by atoms with E-state index in [9.17, 15) is 9.59 Å². The molecule has 3 nitrogen and oxygen atoms in total. The van der Waals surface area contributed by atoms with Gasteiger partial charge in [-0.15, -0.1) is 0 Å². The molecule has 0 aromatic heterocycles. The number of Topliss-reactive ketones (excluding diaryl/α,β-unsaturated/α-hetero) is 1. The summed E-state index contributed by atoms with van der Waals surface area (Å²) in [7, 11) is 0. The average Bonchev–Trinajstić information content (AvgIpc) is 2.64. The summed E-state index contributed by atoms with van der Waals surface area (Å²) in [6, 6.07) is 16.6. The number of carbonyl (C=O) groups is 2. The number of ketones is 1. The molecule has 3 aromatic carbocycles. The van der Waals surface area contributed by atoms with Gasteiger partial charge in [0.1, 0.15) is 5.78 Å². The molecule has 0 radical (unpaired) electrons. The highest BCUT2D eigenvalue weighted by atomic mass is 16.5. The first-order chi connectivity index (χ1) is 12.6. The van der Waals surface area contributed by atoms with Gasteiger partial charge in [-0.25, -0.2) is 0 Å². The minimum Gasteiger partial charge on any atom is -0.466 e. The summed E-state index contributed by atoms with van der Waals surface area (Å²) in [6.45, 7) is 3.87. The van der Waals surface area contributed by atoms with E-state index in [-0.39, 0.29) is 11.8 Å². The predicted octanol–water partition coefficient (Wildman–Crippen LogP) is 5.01. The third kappa shape index (κ3) is 3.77. The number of benzene rings is 3. The molecule has 3 rings (SSSR count). The van der Waals surface area contributed by atoms with Crippen molar-refractivity contribution in [2.45, 2.75) is 39.5 Å². The van der Waals surface area contributed by atoms with Crippen LogP contribution in [0.3, 0.4) is 0 Å². The lowest BCUT2D eigenvalue weighted by molar-refractivity contribution is -0.143. The Morgan fingerprint density at radius 3 is 1.58 bits per heavy atom. The van der Waals surface area contributed by atoms with Gasteiger partial charge in [0.2, 0.25) is 0 Å². The van der Waals surface area contributed by atoms with Gasteiger partial charge < -0.3 is 9.53 Å². The van der Waals surface area contributed by atoms with Crippen molar-refractivity contribution in [1.29, 1.82) is 0 Å². The highest BCUT2D eigenvalue weighted by Crippen LogP contribution is 2.34. The van der Waals surface area contributed by atoms with Gasteiger partial charge in [-0.1, -0.05) is 48.5 Å². The summed E-state index contributed by atoms with van der Waals surface area (Å²) in [5.41, 5.74) is 2.39. The Labute approximate surface area is 154 Å². The second kappa shape index (κ2) is 8.13. The van der Waals surface area contributed by atoms with E-state index in [1.54, 1.807) is 6.92 Å². The van der Waals surface area contributed by atoms with Crippen LogP contribution in [-0.2, 0) is 27.2 Å². The molecule has 0 N–H and O–H groups in total. The topological polar surface area (TPSA) is 43.4 Å². The lowest BCUT2D eigenvalue weighted by atomic mass is 9.88. The van der Waals surface area contributed by atoms with Gasteiger partial charge in [0.15, 0.2) is 0 Å². The van der Waals surface area contributed by atoms with Crippen LogP contribution in [0.2, 0.25) is 0 Å². The van der Waals surface area contributed by atoms with Crippen LogP contribution in [-0.4, -0.2) is 18.4 Å². The van der Waals surface area contributed by atoms with Gasteiger partial charge in [-0.05, 0) is 59.4 Å². The van der Waals surface area contributed by atoms with Gasteiger partial charge >= 0.3 is 5.97 Å². The van der Waals surface area contributed by atoms with E-state index in [0.29, 0.717) is 25.9 Å². The number of hydrogen-bond donors (Lipinski definition) is 0. The van der Waals surface area contributed by atoms with Crippen LogP contribution in [0.15, 0.2) is 48.5 Å². The summed E-state index contributed by atoms with van der Waals surface area (Å²) in [6.07, 6.45) is 2.28. The van der Waals surface area contributed by atoms with Crippen LogP contribution in [0, 0.1) is 0 Å². The summed E-state index contributed by atoms with van der Waals surface area (Å²) in [5, 5.41) is 4.67. The molecule has 0 heterocycles. The number of ether oxygens (including phenoxy) is 1. The molecule has 3 aromatic rings. The van der Waals surface area contributed by atoms with Crippen LogP contribution in [0.4, 0.5) is 0 Å². The molecule has 0 unspecified atom stereocenters. The maximum atomic E-state index is 11.9. The summed E-state index contributed by atoms with van der Waals surface area (Å²) >= 11 is 0. The number of fused-ring (bicyclic) bond motifs is 2. The molecule has 134 valence electrons. The monoisotopic (exact) mass is 348 g/mol. The van der Waals surface area contributed by atoms with E-state index >= 15 is 0 Å². The Morgan fingerprint density at radius 1 is 0.769 bits per heavy atom.